The fourth-order valence-corrected chi connectivity index (χ4v) is 2.47. The highest BCUT2D eigenvalue weighted by atomic mass is 16.5. The van der Waals surface area contributed by atoms with Crippen LogP contribution < -0.4 is 5.32 Å². The number of piperidine rings is 1. The maximum Gasteiger partial charge on any atom is 0.307 e. The third kappa shape index (κ3) is 3.96. The molecule has 4 nitrogen and oxygen atoms in total. The number of carbonyl (C=O) groups is 1. The number of ether oxygens (including phenoxy) is 1. The van der Waals surface area contributed by atoms with E-state index in [0.29, 0.717) is 19.1 Å². The molecule has 0 saturated carbocycles. The van der Waals surface area contributed by atoms with Crippen molar-refractivity contribution in [3.8, 4) is 0 Å². The molecule has 100 valence electrons. The molecule has 1 aliphatic heterocycles. The van der Waals surface area contributed by atoms with E-state index in [-0.39, 0.29) is 11.5 Å². The quantitative estimate of drug-likeness (QED) is 0.740. The lowest BCUT2D eigenvalue weighted by molar-refractivity contribution is -0.145. The van der Waals surface area contributed by atoms with E-state index in [9.17, 15) is 4.79 Å². The van der Waals surface area contributed by atoms with E-state index in [1.54, 1.807) is 0 Å². The van der Waals surface area contributed by atoms with Crippen LogP contribution in [0.5, 0.6) is 0 Å². The average molecular weight is 242 g/mol. The number of likely N-dealkylation sites (tertiary alicyclic amines) is 1. The summed E-state index contributed by atoms with van der Waals surface area (Å²) in [6, 6.07) is 0.590. The van der Waals surface area contributed by atoms with Crippen LogP contribution in [0.2, 0.25) is 0 Å². The Morgan fingerprint density at radius 1 is 1.41 bits per heavy atom. The van der Waals surface area contributed by atoms with Gasteiger partial charge < -0.3 is 15.0 Å². The molecule has 0 spiro atoms. The number of nitrogens with one attached hydrogen (secondary N) is 1. The lowest BCUT2D eigenvalue weighted by Gasteiger charge is -2.42. The van der Waals surface area contributed by atoms with E-state index in [1.807, 2.05) is 14.0 Å². The third-order valence-electron chi connectivity index (χ3n) is 3.80. The summed E-state index contributed by atoms with van der Waals surface area (Å²) in [4.78, 5) is 14.1. The van der Waals surface area contributed by atoms with Crippen LogP contribution in [0.1, 0.15) is 40.0 Å². The van der Waals surface area contributed by atoms with Gasteiger partial charge in [0.15, 0.2) is 0 Å². The van der Waals surface area contributed by atoms with Crippen LogP contribution in [0.3, 0.4) is 0 Å². The maximum atomic E-state index is 11.6. The number of hydrogen-bond acceptors (Lipinski definition) is 4. The van der Waals surface area contributed by atoms with Crippen molar-refractivity contribution in [3.05, 3.63) is 0 Å². The number of esters is 1. The summed E-state index contributed by atoms with van der Waals surface area (Å²) >= 11 is 0. The number of carbonyl (C=O) groups excluding carboxylic acids is 1. The molecule has 0 radical (unpaired) electrons. The second kappa shape index (κ2) is 6.36. The Labute approximate surface area is 105 Å². The Morgan fingerprint density at radius 3 is 2.41 bits per heavy atom. The minimum atomic E-state index is -0.0835. The molecule has 0 aliphatic carbocycles. The highest BCUT2D eigenvalue weighted by Gasteiger charge is 2.36. The summed E-state index contributed by atoms with van der Waals surface area (Å²) in [6.07, 6.45) is 2.52. The van der Waals surface area contributed by atoms with Gasteiger partial charge in [-0.3, -0.25) is 4.79 Å². The van der Waals surface area contributed by atoms with Gasteiger partial charge in [0, 0.05) is 24.7 Å². The first-order valence-electron chi connectivity index (χ1n) is 6.61. The Balaban J connectivity index is 2.52. The van der Waals surface area contributed by atoms with Crippen molar-refractivity contribution in [1.82, 2.24) is 10.2 Å². The predicted octanol–water partition coefficient (Wildman–Crippen LogP) is 1.40. The topological polar surface area (TPSA) is 41.6 Å². The average Bonchev–Trinajstić information content (AvgIpc) is 2.30. The van der Waals surface area contributed by atoms with Gasteiger partial charge in [-0.2, -0.15) is 0 Å². The van der Waals surface area contributed by atoms with Crippen molar-refractivity contribution in [2.45, 2.75) is 51.6 Å². The van der Waals surface area contributed by atoms with Crippen LogP contribution >= 0.6 is 0 Å². The minimum Gasteiger partial charge on any atom is -0.466 e. The molecule has 1 rings (SSSR count). The van der Waals surface area contributed by atoms with Gasteiger partial charge in [0.05, 0.1) is 13.0 Å². The molecule has 1 heterocycles. The third-order valence-corrected chi connectivity index (χ3v) is 3.80. The largest absolute Gasteiger partial charge is 0.466 e. The molecule has 1 saturated heterocycles. The van der Waals surface area contributed by atoms with Gasteiger partial charge in [-0.05, 0) is 40.7 Å². The van der Waals surface area contributed by atoms with Gasteiger partial charge in [0.2, 0.25) is 0 Å². The summed E-state index contributed by atoms with van der Waals surface area (Å²) in [5, 5.41) is 3.34. The molecule has 0 aromatic carbocycles. The predicted molar refractivity (Wildman–Crippen MR) is 69.0 cm³/mol. The first kappa shape index (κ1) is 14.5. The zero-order valence-corrected chi connectivity index (χ0v) is 11.6. The molecule has 0 atom stereocenters. The highest BCUT2D eigenvalue weighted by Crippen LogP contribution is 2.26. The molecule has 17 heavy (non-hydrogen) atoms. The van der Waals surface area contributed by atoms with Gasteiger partial charge in [0.1, 0.15) is 0 Å². The first-order valence-corrected chi connectivity index (χ1v) is 6.61. The number of rotatable bonds is 5. The minimum absolute atomic E-state index is 0.0579. The maximum absolute atomic E-state index is 11.6. The van der Waals surface area contributed by atoms with E-state index >= 15 is 0 Å². The molecule has 0 amide bonds. The van der Waals surface area contributed by atoms with Gasteiger partial charge in [0.25, 0.3) is 0 Å². The smallest absolute Gasteiger partial charge is 0.307 e. The van der Waals surface area contributed by atoms with Crippen LogP contribution in [0.15, 0.2) is 0 Å². The van der Waals surface area contributed by atoms with Crippen LogP contribution in [0.25, 0.3) is 0 Å². The van der Waals surface area contributed by atoms with Gasteiger partial charge in [-0.25, -0.2) is 0 Å². The van der Waals surface area contributed by atoms with Gasteiger partial charge in [-0.15, -0.1) is 0 Å². The van der Waals surface area contributed by atoms with E-state index in [4.69, 9.17) is 4.74 Å². The van der Waals surface area contributed by atoms with E-state index in [0.717, 1.165) is 25.9 Å². The van der Waals surface area contributed by atoms with Crippen molar-refractivity contribution >= 4 is 5.97 Å². The molecule has 1 aliphatic rings. The van der Waals surface area contributed by atoms with Crippen molar-refractivity contribution in [2.75, 3.05) is 26.7 Å². The molecule has 0 unspecified atom stereocenters. The van der Waals surface area contributed by atoms with Gasteiger partial charge >= 0.3 is 5.97 Å². The molecule has 4 heteroatoms. The lowest BCUT2D eigenvalue weighted by atomic mass is 9.84. The fraction of sp³-hybridized carbons (Fsp3) is 0.923. The zero-order valence-electron chi connectivity index (χ0n) is 11.6. The Kier molecular flexibility index (Phi) is 5.40. The van der Waals surface area contributed by atoms with Crippen LogP contribution in [0.4, 0.5) is 0 Å². The lowest BCUT2D eigenvalue weighted by Crippen LogP contribution is -2.54. The number of nitrogens with zero attached hydrogens (tertiary/aromatic N) is 1. The molecular weight excluding hydrogens is 216 g/mol. The second-order valence-electron chi connectivity index (χ2n) is 5.14. The van der Waals surface area contributed by atoms with E-state index in [1.165, 1.54) is 0 Å². The molecular formula is C13H26N2O2. The van der Waals surface area contributed by atoms with Crippen LogP contribution in [-0.4, -0.2) is 49.2 Å². The van der Waals surface area contributed by atoms with E-state index < -0.39 is 0 Å². The first-order chi connectivity index (χ1) is 8.03. The second-order valence-corrected chi connectivity index (χ2v) is 5.14. The Hall–Kier alpha value is -0.610. The van der Waals surface area contributed by atoms with Crippen molar-refractivity contribution < 1.29 is 9.53 Å². The standard InChI is InChI=1S/C13H26N2O2/c1-5-17-12(16)10-13(14-4)6-8-15(9-7-13)11(2)3/h11,14H,5-10H2,1-4H3. The molecule has 0 aromatic heterocycles. The molecule has 1 fully saturated rings. The molecule has 0 aromatic rings. The van der Waals surface area contributed by atoms with Crippen molar-refractivity contribution in [2.24, 2.45) is 0 Å². The fourth-order valence-electron chi connectivity index (χ4n) is 2.47. The normalized spacial score (nSPS) is 20.5. The van der Waals surface area contributed by atoms with E-state index in [2.05, 4.69) is 24.1 Å². The zero-order chi connectivity index (χ0) is 12.9. The number of hydrogen-bond donors (Lipinski definition) is 1. The molecule has 1 N–H and O–H groups in total. The Bertz CT molecular complexity index is 246. The van der Waals surface area contributed by atoms with Crippen LogP contribution in [-0.2, 0) is 9.53 Å². The van der Waals surface area contributed by atoms with Crippen molar-refractivity contribution in [1.29, 1.82) is 0 Å². The summed E-state index contributed by atoms with van der Waals surface area (Å²) in [7, 11) is 1.95. The highest BCUT2D eigenvalue weighted by molar-refractivity contribution is 5.71. The monoisotopic (exact) mass is 242 g/mol. The summed E-state index contributed by atoms with van der Waals surface area (Å²) < 4.78 is 5.05. The molecule has 0 bridgehead atoms. The summed E-state index contributed by atoms with van der Waals surface area (Å²) in [5.74, 6) is -0.0835. The summed E-state index contributed by atoms with van der Waals surface area (Å²) in [6.45, 7) is 8.87. The van der Waals surface area contributed by atoms with Gasteiger partial charge in [-0.1, -0.05) is 0 Å². The Morgan fingerprint density at radius 2 is 2.00 bits per heavy atom. The summed E-state index contributed by atoms with van der Waals surface area (Å²) in [5.41, 5.74) is -0.0579. The van der Waals surface area contributed by atoms with Crippen molar-refractivity contribution in [3.63, 3.8) is 0 Å². The van der Waals surface area contributed by atoms with Crippen LogP contribution in [0, 0.1) is 0 Å². The SMILES string of the molecule is CCOC(=O)CC1(NC)CCN(C(C)C)CC1.